The van der Waals surface area contributed by atoms with Gasteiger partial charge in [0.15, 0.2) is 75.9 Å². The van der Waals surface area contributed by atoms with Crippen molar-refractivity contribution < 1.29 is 125 Å². The summed E-state index contributed by atoms with van der Waals surface area (Å²) in [6.45, 7) is 17.5. The van der Waals surface area contributed by atoms with E-state index in [-0.39, 0.29) is 154 Å². The predicted molar refractivity (Wildman–Crippen MR) is 503 cm³/mol. The second-order valence-corrected chi connectivity index (χ2v) is 42.3. The van der Waals surface area contributed by atoms with Crippen LogP contribution in [0.5, 0.6) is 34.5 Å². The minimum atomic E-state index is -1.78. The number of carbonyl (C=O) groups excluding carboxylic acids is 9. The number of phenols is 2. The van der Waals surface area contributed by atoms with Crippen molar-refractivity contribution in [2.24, 2.45) is 32.4 Å². The Kier molecular flexibility index (Phi) is 34.3. The Morgan fingerprint density at radius 1 is 0.604 bits per heavy atom. The lowest BCUT2D eigenvalue weighted by molar-refractivity contribution is -0.179. The summed E-state index contributed by atoms with van der Waals surface area (Å²) in [5.41, 5.74) is 7.28. The molecular weight excluding hydrogens is 1910 g/mol. The molecule has 6 aliphatic heterocycles. The monoisotopic (exact) mass is 2000 g/mol. The molecule has 0 bridgehead atoms. The van der Waals surface area contributed by atoms with Gasteiger partial charge in [0.05, 0.1) is 113 Å². The number of carbonyl (C=O) groups is 11. The van der Waals surface area contributed by atoms with Gasteiger partial charge >= 0.3 is 38.0 Å². The van der Waals surface area contributed by atoms with Crippen molar-refractivity contribution in [3.8, 4) is 34.5 Å². The highest BCUT2D eigenvalue weighted by atomic mass is 35.5. The number of Topliss-reactive ketones (excluding diaryl/α,β-unsaturated/α-hetero) is 3. The highest BCUT2D eigenvalue weighted by Crippen LogP contribution is 2.58. The first kappa shape index (κ1) is 104. The van der Waals surface area contributed by atoms with Crippen molar-refractivity contribution in [3.63, 3.8) is 0 Å². The zero-order valence-corrected chi connectivity index (χ0v) is 81.4. The average molecular weight is 2010 g/mol. The number of halogens is 2. The number of carboxylic acids is 2. The number of anilines is 2. The molecule has 134 heavy (non-hydrogen) atoms. The minimum Gasteiger partial charge on any atom is -0.542 e. The van der Waals surface area contributed by atoms with Gasteiger partial charge in [-0.05, 0) is 141 Å². The van der Waals surface area contributed by atoms with Crippen LogP contribution in [-0.4, -0.2) is 290 Å². The number of phenolic OH excluding ortho intramolecular Hbond substituents is 2. The topological polar surface area (TPSA) is 514 Å². The number of aliphatic carboxylic acids is 2. The van der Waals surface area contributed by atoms with E-state index in [0.29, 0.717) is 51.0 Å². The van der Waals surface area contributed by atoms with Gasteiger partial charge in [0.1, 0.15) is 53.0 Å². The molecule has 8 N–H and O–H groups in total. The molecule has 0 saturated carbocycles. The Balaban J connectivity index is 0.000000285. The molecule has 39 nitrogen and oxygen atoms in total. The van der Waals surface area contributed by atoms with E-state index in [1.807, 2.05) is 24.3 Å². The maximum atomic E-state index is 15.4. The normalized spacial score (nSPS) is 19.9. The molecular formula is C86H100BCl2N13O26S6. The number of rotatable bonds is 39. The standard InChI is InChI=1S/C55H65BClN7O15S3.C31H35ClN6O11S3/c1-52(2,3)76-48(68)54(7,8)79-61-43(38-30-80-50(58)59-38)39(65)27-37-45(66)64-31-55(49(69)78-56,82-47(37)64)81-26-23-63(51(70)77-53(4,5)6)46(67)42(60-62-21-24-73-25-22-62)36-19-20-40(74-28-32-11-15-34(71-9)16-12-32)44(41(36)57)75-29-33-13-17-35(72-10)18-14-33;1-30(2,27(44)45)49-36-23(17-13-50-29(33)34-17)20(41)12-16-25(43)38-14-31(28(46)47,52-26(16)38)51-11-3-4-18(39)22(35-37-7-9-48-10-8-37)15-5-6-19(40)24(42)21(15)32/h11-20,30,37,47H,21-29,31H2,1-10H3,(H2,58,59);5-6,13,16,26,40,42H,3-4,7-12,14H2,1-2H3,(H2,33,34)(H,44,45)(H,46,47)/b60-42-,61-43-;35-22+,36-23-/t37-,47-,55-;16-,26-,31-/m11/s1. The van der Waals surface area contributed by atoms with Crippen molar-refractivity contribution in [2.45, 2.75) is 149 Å². The van der Waals surface area contributed by atoms with Crippen LogP contribution in [0, 0.1) is 11.8 Å². The first-order valence-corrected chi connectivity index (χ1v) is 47.9. The number of oxime groups is 2. The van der Waals surface area contributed by atoms with Crippen molar-refractivity contribution >= 4 is 199 Å². The number of aromatic nitrogens is 2. The second kappa shape index (κ2) is 44.3. The van der Waals surface area contributed by atoms with Gasteiger partial charge in [-0.1, -0.05) is 57.8 Å². The van der Waals surface area contributed by atoms with Crippen LogP contribution in [0.3, 0.4) is 0 Å². The number of methoxy groups -OCH3 is 2. The number of hydrogen-bond donors (Lipinski definition) is 6. The summed E-state index contributed by atoms with van der Waals surface area (Å²) in [4.78, 5) is 172. The predicted octanol–water partition coefficient (Wildman–Crippen LogP) is 9.91. The number of nitrogens with two attached hydrogens (primary N) is 2. The number of amides is 4. The third-order valence-corrected chi connectivity index (χ3v) is 29.5. The maximum Gasteiger partial charge on any atom is 0.417 e. The summed E-state index contributed by atoms with van der Waals surface area (Å²) in [5, 5.41) is 61.7. The number of aromatic hydroxyl groups is 2. The lowest BCUT2D eigenvalue weighted by Gasteiger charge is -2.41. The Labute approximate surface area is 806 Å². The van der Waals surface area contributed by atoms with E-state index in [1.54, 1.807) is 102 Å². The van der Waals surface area contributed by atoms with Crippen LogP contribution in [0.1, 0.15) is 129 Å². The summed E-state index contributed by atoms with van der Waals surface area (Å²) in [5.74, 6) is -8.93. The molecule has 6 saturated heterocycles. The lowest BCUT2D eigenvalue weighted by Crippen LogP contribution is -2.57. The number of thioether (sulfide) groups is 4. The summed E-state index contributed by atoms with van der Waals surface area (Å²) in [6, 6.07) is 20.2. The summed E-state index contributed by atoms with van der Waals surface area (Å²) in [6.07, 6.45) is -1.63. The van der Waals surface area contributed by atoms with Gasteiger partial charge in [-0.25, -0.2) is 34.0 Å². The Hall–Kier alpha value is -10.8. The van der Waals surface area contributed by atoms with Crippen LogP contribution >= 0.6 is 92.9 Å². The number of thiazole rings is 2. The number of carboxylic acid groups (broad SMARTS) is 2. The Morgan fingerprint density at radius 2 is 1.07 bits per heavy atom. The smallest absolute Gasteiger partial charge is 0.417 e. The molecule has 718 valence electrons. The molecule has 2 radical (unpaired) electrons. The Bertz CT molecular complexity index is 5530. The van der Waals surface area contributed by atoms with E-state index < -0.39 is 136 Å². The number of benzene rings is 4. The van der Waals surface area contributed by atoms with E-state index in [9.17, 15) is 68.4 Å². The van der Waals surface area contributed by atoms with Gasteiger partial charge in [-0.15, -0.1) is 69.7 Å². The van der Waals surface area contributed by atoms with Gasteiger partial charge < -0.3 is 93.9 Å². The minimum absolute atomic E-state index is 0.0193. The molecule has 8 heterocycles. The fourth-order valence-electron chi connectivity index (χ4n) is 13.5. The molecule has 4 amide bonds. The third kappa shape index (κ3) is 25.5. The van der Waals surface area contributed by atoms with E-state index >= 15 is 4.79 Å². The van der Waals surface area contributed by atoms with Crippen LogP contribution in [0.2, 0.25) is 10.0 Å². The highest BCUT2D eigenvalue weighted by molar-refractivity contribution is 8.20. The summed E-state index contributed by atoms with van der Waals surface area (Å²) in [7, 11) is 8.69. The molecule has 0 aliphatic carbocycles. The number of hydrazone groups is 2. The van der Waals surface area contributed by atoms with E-state index in [2.05, 4.69) is 25.4 Å². The van der Waals surface area contributed by atoms with E-state index in [1.165, 1.54) is 60.4 Å². The van der Waals surface area contributed by atoms with Gasteiger partial charge in [0.2, 0.25) is 23.0 Å². The highest BCUT2D eigenvalue weighted by Gasteiger charge is 2.64. The lowest BCUT2D eigenvalue weighted by atomic mass is 9.90. The van der Waals surface area contributed by atoms with Crippen molar-refractivity contribution in [1.82, 2.24) is 34.7 Å². The van der Waals surface area contributed by atoms with Crippen molar-refractivity contribution in [2.75, 3.05) is 109 Å². The maximum absolute atomic E-state index is 15.4. The molecule has 12 rings (SSSR count). The third-order valence-electron chi connectivity index (χ3n) is 20.7. The fourth-order valence-corrected chi connectivity index (χ4v) is 21.6. The number of nitrogen functional groups attached to an aromatic ring is 2. The number of fused-ring (bicyclic) bond motifs is 2. The number of morpholine rings is 2. The van der Waals surface area contributed by atoms with Gasteiger partial charge in [0, 0.05) is 53.4 Å². The number of hydrogen-bond acceptors (Lipinski definition) is 40. The zero-order valence-electron chi connectivity index (χ0n) is 75.0. The molecule has 6 aliphatic rings. The van der Waals surface area contributed by atoms with Crippen LogP contribution in [-0.2, 0) is 94.4 Å². The van der Waals surface area contributed by atoms with Gasteiger partial charge in [-0.3, -0.25) is 43.6 Å². The van der Waals surface area contributed by atoms with Crippen molar-refractivity contribution in [1.29, 1.82) is 0 Å². The quantitative estimate of drug-likeness (QED) is 0.00397. The molecule has 2 aromatic heterocycles. The first-order valence-electron chi connectivity index (χ1n) is 41.6. The second-order valence-electron chi connectivity index (χ2n) is 33.7. The molecule has 0 unspecified atom stereocenters. The zero-order chi connectivity index (χ0) is 97.7. The van der Waals surface area contributed by atoms with E-state index in [0.717, 1.165) is 85.7 Å². The number of ether oxygens (including phenoxy) is 8. The summed E-state index contributed by atoms with van der Waals surface area (Å²) >= 11 is 19.8. The molecule has 0 spiro atoms. The number of nitrogens with zero attached hydrogens (tertiary/aromatic N) is 11. The average Bonchev–Trinajstić information content (AvgIpc) is 1.57. The molecule has 6 aromatic rings. The Morgan fingerprint density at radius 3 is 1.55 bits per heavy atom. The van der Waals surface area contributed by atoms with Gasteiger partial charge in [0.25, 0.3) is 5.91 Å². The van der Waals surface area contributed by atoms with Crippen LogP contribution in [0.15, 0.2) is 104 Å². The largest absolute Gasteiger partial charge is 0.542 e. The molecule has 6 fully saturated rings. The number of β-lactam (4-membered cyclic amide) rings is 2. The molecule has 6 atom stereocenters. The van der Waals surface area contributed by atoms with E-state index in [4.69, 9.17) is 100 Å². The SMILES string of the molecule is CC(C)(O/N=C(\C(=O)C[C@@H]1C(=O)N2C[C@](SCCCC(=O)/C(=N/N3CCOCC3)c3ccc(O)c(O)c3Cl)(C(=O)O)S[C@H]12)c1csc(N)n1)C(=O)O.[B]OC(=O)[C@@]1(SCCN(C(=O)OC(C)(C)C)C(=O)/C(=N\N2CCOCC2)c2ccc(OCc3ccc(OC)cc3)c(OCc3ccc(OC)cc3)c2Cl)CN2C(=O)[C@@H](CC(=O)/C(=N\OC(C)(C)C(=O)OC(C)(C)C)c3csc(N)n3)[C@H]2S1. The van der Waals surface area contributed by atoms with Crippen LogP contribution in [0.4, 0.5) is 15.1 Å². The molecule has 4 aromatic carbocycles. The molecule has 48 heteroatoms. The van der Waals surface area contributed by atoms with Crippen LogP contribution in [0.25, 0.3) is 0 Å². The first-order chi connectivity index (χ1) is 63.3. The van der Waals surface area contributed by atoms with Gasteiger partial charge in [-0.2, -0.15) is 10.2 Å². The summed E-state index contributed by atoms with van der Waals surface area (Å²) < 4.78 is 47.4. The number of ketones is 3. The fraction of sp³-hybridized carbons (Fsp3) is 0.477. The van der Waals surface area contributed by atoms with Crippen molar-refractivity contribution in [3.05, 3.63) is 127 Å². The number of esters is 1. The van der Waals surface area contributed by atoms with Crippen LogP contribution < -0.4 is 30.4 Å². The number of imide groups is 1.